The predicted molar refractivity (Wildman–Crippen MR) is 117 cm³/mol. The molecule has 4 heterocycles. The Morgan fingerprint density at radius 2 is 1.77 bits per heavy atom. The van der Waals surface area contributed by atoms with E-state index in [0.717, 1.165) is 25.8 Å². The highest BCUT2D eigenvalue weighted by Gasteiger charge is 2.37. The number of carbonyl (C=O) groups excluding carboxylic acids is 2. The van der Waals surface area contributed by atoms with Crippen LogP contribution in [0.3, 0.4) is 0 Å². The van der Waals surface area contributed by atoms with Crippen LogP contribution in [0.15, 0.2) is 24.3 Å². The molecule has 3 saturated heterocycles. The number of anilines is 3. The topological polar surface area (TPSA) is 72.9 Å². The van der Waals surface area contributed by atoms with E-state index in [1.54, 1.807) is 17.0 Å². The minimum atomic E-state index is -0.255. The van der Waals surface area contributed by atoms with Crippen LogP contribution in [0.1, 0.15) is 25.7 Å². The third kappa shape index (κ3) is 3.84. The average Bonchev–Trinajstić information content (AvgIpc) is 3.54. The van der Waals surface area contributed by atoms with Gasteiger partial charge in [-0.05, 0) is 31.4 Å². The summed E-state index contributed by atoms with van der Waals surface area (Å²) in [7, 11) is 0. The van der Waals surface area contributed by atoms with Crippen molar-refractivity contribution in [3.63, 3.8) is 0 Å². The monoisotopic (exact) mass is 444 g/mol. The third-order valence-corrected chi connectivity index (χ3v) is 7.26. The molecule has 0 radical (unpaired) electrons. The SMILES string of the molecule is O=C([C@@H]1CCCN1c1nnc(N2CCCC2=O)s1)N1CCN(c2ccccc2F)CC1. The van der Waals surface area contributed by atoms with E-state index in [2.05, 4.69) is 10.2 Å². The van der Waals surface area contributed by atoms with Crippen molar-refractivity contribution in [1.82, 2.24) is 15.1 Å². The summed E-state index contributed by atoms with van der Waals surface area (Å²) in [6.07, 6.45) is 3.10. The van der Waals surface area contributed by atoms with Gasteiger partial charge in [0, 0.05) is 45.7 Å². The van der Waals surface area contributed by atoms with Crippen molar-refractivity contribution in [2.45, 2.75) is 31.7 Å². The van der Waals surface area contributed by atoms with Gasteiger partial charge in [-0.3, -0.25) is 14.5 Å². The quantitative estimate of drug-likeness (QED) is 0.719. The molecule has 0 N–H and O–H groups in total. The number of amides is 2. The van der Waals surface area contributed by atoms with E-state index < -0.39 is 0 Å². The van der Waals surface area contributed by atoms with E-state index in [9.17, 15) is 14.0 Å². The summed E-state index contributed by atoms with van der Waals surface area (Å²) in [6, 6.07) is 6.51. The molecule has 1 aromatic carbocycles. The van der Waals surface area contributed by atoms with Gasteiger partial charge in [0.05, 0.1) is 5.69 Å². The number of carbonyl (C=O) groups is 2. The van der Waals surface area contributed by atoms with Crippen molar-refractivity contribution in [3.05, 3.63) is 30.1 Å². The molecule has 0 unspecified atom stereocenters. The van der Waals surface area contributed by atoms with E-state index in [1.165, 1.54) is 17.4 Å². The van der Waals surface area contributed by atoms with Crippen LogP contribution in [0.25, 0.3) is 0 Å². The molecule has 31 heavy (non-hydrogen) atoms. The molecular weight excluding hydrogens is 419 g/mol. The summed E-state index contributed by atoms with van der Waals surface area (Å²) in [5.41, 5.74) is 0.593. The van der Waals surface area contributed by atoms with Crippen LogP contribution in [0, 0.1) is 5.82 Å². The van der Waals surface area contributed by atoms with Crippen LogP contribution >= 0.6 is 11.3 Å². The van der Waals surface area contributed by atoms with Crippen LogP contribution < -0.4 is 14.7 Å². The lowest BCUT2D eigenvalue weighted by Gasteiger charge is -2.38. The molecule has 2 aromatic rings. The Morgan fingerprint density at radius 3 is 2.52 bits per heavy atom. The van der Waals surface area contributed by atoms with Gasteiger partial charge in [0.25, 0.3) is 0 Å². The van der Waals surface area contributed by atoms with Crippen molar-refractivity contribution in [3.8, 4) is 0 Å². The fourth-order valence-electron chi connectivity index (χ4n) is 4.62. The second-order valence-electron chi connectivity index (χ2n) is 8.13. The van der Waals surface area contributed by atoms with Crippen molar-refractivity contribution in [2.75, 3.05) is 54.0 Å². The number of nitrogens with zero attached hydrogens (tertiary/aromatic N) is 6. The van der Waals surface area contributed by atoms with Crippen LogP contribution in [0.2, 0.25) is 0 Å². The Morgan fingerprint density at radius 1 is 1.00 bits per heavy atom. The highest BCUT2D eigenvalue weighted by molar-refractivity contribution is 7.19. The first-order chi connectivity index (χ1) is 15.1. The molecule has 0 saturated carbocycles. The summed E-state index contributed by atoms with van der Waals surface area (Å²) in [4.78, 5) is 32.9. The minimum absolute atomic E-state index is 0.0875. The van der Waals surface area contributed by atoms with Gasteiger partial charge in [0.2, 0.25) is 22.1 Å². The van der Waals surface area contributed by atoms with E-state index >= 15 is 0 Å². The van der Waals surface area contributed by atoms with Gasteiger partial charge in [0.15, 0.2) is 0 Å². The number of hydrogen-bond acceptors (Lipinski definition) is 7. The summed E-state index contributed by atoms with van der Waals surface area (Å²) >= 11 is 1.39. The second-order valence-corrected chi connectivity index (χ2v) is 9.07. The lowest BCUT2D eigenvalue weighted by Crippen LogP contribution is -2.54. The Balaban J connectivity index is 1.24. The maximum Gasteiger partial charge on any atom is 0.245 e. The molecule has 1 atom stereocenters. The molecule has 0 aliphatic carbocycles. The number of rotatable bonds is 4. The Bertz CT molecular complexity index is 976. The molecule has 8 nitrogen and oxygen atoms in total. The summed E-state index contributed by atoms with van der Waals surface area (Å²) in [5.74, 6) is -0.0445. The summed E-state index contributed by atoms with van der Waals surface area (Å²) < 4.78 is 14.1. The molecule has 164 valence electrons. The molecule has 1 aromatic heterocycles. The van der Waals surface area contributed by atoms with E-state index in [-0.39, 0.29) is 23.7 Å². The molecule has 3 aliphatic heterocycles. The number of halogens is 1. The lowest BCUT2D eigenvalue weighted by molar-refractivity contribution is -0.132. The normalized spacial score (nSPS) is 22.0. The molecule has 0 spiro atoms. The maximum absolute atomic E-state index is 14.1. The fraction of sp³-hybridized carbons (Fsp3) is 0.524. The van der Waals surface area contributed by atoms with Crippen LogP contribution in [0.5, 0.6) is 0 Å². The molecule has 2 amide bonds. The number of piperazine rings is 1. The maximum atomic E-state index is 14.1. The molecule has 3 aliphatic rings. The zero-order valence-electron chi connectivity index (χ0n) is 17.2. The zero-order chi connectivity index (χ0) is 21.4. The van der Waals surface area contributed by atoms with Gasteiger partial charge >= 0.3 is 0 Å². The van der Waals surface area contributed by atoms with Crippen molar-refractivity contribution in [2.24, 2.45) is 0 Å². The Kier molecular flexibility index (Phi) is 5.47. The van der Waals surface area contributed by atoms with Gasteiger partial charge in [-0.2, -0.15) is 0 Å². The first-order valence-electron chi connectivity index (χ1n) is 10.8. The van der Waals surface area contributed by atoms with E-state index in [1.807, 2.05) is 20.8 Å². The molecule has 10 heteroatoms. The first-order valence-corrected chi connectivity index (χ1v) is 11.6. The highest BCUT2D eigenvalue weighted by atomic mass is 32.1. The fourth-order valence-corrected chi connectivity index (χ4v) is 5.59. The summed E-state index contributed by atoms with van der Waals surface area (Å²) in [5, 5.41) is 9.84. The number of hydrogen-bond donors (Lipinski definition) is 0. The van der Waals surface area contributed by atoms with E-state index in [4.69, 9.17) is 0 Å². The smallest absolute Gasteiger partial charge is 0.245 e. The Hall–Kier alpha value is -2.75. The van der Waals surface area contributed by atoms with Crippen LogP contribution in [-0.4, -0.2) is 72.2 Å². The zero-order valence-corrected chi connectivity index (χ0v) is 18.1. The van der Waals surface area contributed by atoms with Crippen molar-refractivity contribution >= 4 is 39.1 Å². The largest absolute Gasteiger partial charge is 0.366 e. The lowest BCUT2D eigenvalue weighted by atomic mass is 10.1. The van der Waals surface area contributed by atoms with Gasteiger partial charge in [-0.1, -0.05) is 23.5 Å². The van der Waals surface area contributed by atoms with Gasteiger partial charge in [0.1, 0.15) is 11.9 Å². The predicted octanol–water partition coefficient (Wildman–Crippen LogP) is 2.12. The molecular formula is C21H25FN6O2S. The third-order valence-electron chi connectivity index (χ3n) is 6.28. The van der Waals surface area contributed by atoms with Gasteiger partial charge < -0.3 is 14.7 Å². The molecule has 3 fully saturated rings. The number of aromatic nitrogens is 2. The van der Waals surface area contributed by atoms with E-state index in [0.29, 0.717) is 55.1 Å². The molecule has 5 rings (SSSR count). The Labute approximate surface area is 184 Å². The van der Waals surface area contributed by atoms with Gasteiger partial charge in [-0.15, -0.1) is 10.2 Å². The molecule has 0 bridgehead atoms. The van der Waals surface area contributed by atoms with Crippen LogP contribution in [-0.2, 0) is 9.59 Å². The van der Waals surface area contributed by atoms with Crippen molar-refractivity contribution in [1.29, 1.82) is 0 Å². The summed E-state index contributed by atoms with van der Waals surface area (Å²) in [6.45, 7) is 3.80. The van der Waals surface area contributed by atoms with Crippen LogP contribution in [0.4, 0.5) is 20.3 Å². The van der Waals surface area contributed by atoms with Crippen molar-refractivity contribution < 1.29 is 14.0 Å². The highest BCUT2D eigenvalue weighted by Crippen LogP contribution is 2.34. The average molecular weight is 445 g/mol. The number of para-hydroxylation sites is 1. The first kappa shape index (κ1) is 20.2. The second kappa shape index (κ2) is 8.41. The standard InChI is InChI=1S/C21H25FN6O2S/c22-15-5-1-2-6-16(15)25-11-13-26(14-12-25)19(30)17-7-3-9-27(17)20-23-24-21(31-20)28-10-4-8-18(28)29/h1-2,5-6,17H,3-4,7-14H2/t17-/m0/s1. The number of benzene rings is 1. The minimum Gasteiger partial charge on any atom is -0.366 e. The van der Waals surface area contributed by atoms with Gasteiger partial charge in [-0.25, -0.2) is 4.39 Å².